The van der Waals surface area contributed by atoms with Crippen molar-refractivity contribution in [3.63, 3.8) is 0 Å². The third kappa shape index (κ3) is 5.07. The molecule has 1 aromatic rings. The van der Waals surface area contributed by atoms with Crippen LogP contribution in [0.1, 0.15) is 30.9 Å². The monoisotopic (exact) mass is 374 g/mol. The van der Waals surface area contributed by atoms with Gasteiger partial charge in [0.1, 0.15) is 5.71 Å². The second kappa shape index (κ2) is 8.35. The van der Waals surface area contributed by atoms with E-state index in [2.05, 4.69) is 20.6 Å². The van der Waals surface area contributed by atoms with Gasteiger partial charge in [-0.25, -0.2) is 0 Å². The molecule has 0 atom stereocenters. The fourth-order valence-corrected chi connectivity index (χ4v) is 2.74. The topological polar surface area (TPSA) is 98.3 Å². The fourth-order valence-electron chi connectivity index (χ4n) is 2.74. The molecular weight excluding hydrogens is 353 g/mol. The quantitative estimate of drug-likeness (QED) is 0.330. The van der Waals surface area contributed by atoms with Gasteiger partial charge in [-0.1, -0.05) is 13.0 Å². The Balaban J connectivity index is 2.24. The van der Waals surface area contributed by atoms with E-state index in [9.17, 15) is 18.1 Å². The van der Waals surface area contributed by atoms with Crippen LogP contribution in [-0.4, -0.2) is 32.1 Å². The highest BCUT2D eigenvalue weighted by atomic mass is 19.4. The SMILES string of the molecule is CC1(CNc2ccc(/C(CON=O)=N/N)cc2C(F)(F)F)CCOCC1. The summed E-state index contributed by atoms with van der Waals surface area (Å²) in [4.78, 5) is 14.3. The number of alkyl halides is 3. The Labute approximate surface area is 148 Å². The molecule has 0 amide bonds. The van der Waals surface area contributed by atoms with Crippen molar-refractivity contribution in [2.75, 3.05) is 31.7 Å². The lowest BCUT2D eigenvalue weighted by Crippen LogP contribution is -2.33. The van der Waals surface area contributed by atoms with Crippen LogP contribution in [0.3, 0.4) is 0 Å². The molecule has 3 N–H and O–H groups in total. The molecule has 2 rings (SSSR count). The van der Waals surface area contributed by atoms with Crippen LogP contribution in [0.5, 0.6) is 0 Å². The number of nitrogens with zero attached hydrogens (tertiary/aromatic N) is 2. The van der Waals surface area contributed by atoms with Crippen molar-refractivity contribution in [3.8, 4) is 0 Å². The molecule has 0 aliphatic carbocycles. The van der Waals surface area contributed by atoms with Crippen molar-refractivity contribution in [1.82, 2.24) is 0 Å². The molecular formula is C16H21F3N4O3. The van der Waals surface area contributed by atoms with Gasteiger partial charge in [-0.15, -0.1) is 4.91 Å². The number of benzene rings is 1. The lowest BCUT2D eigenvalue weighted by molar-refractivity contribution is -0.137. The van der Waals surface area contributed by atoms with E-state index >= 15 is 0 Å². The first-order valence-corrected chi connectivity index (χ1v) is 8.04. The summed E-state index contributed by atoms with van der Waals surface area (Å²) >= 11 is 0. The minimum Gasteiger partial charge on any atom is -0.384 e. The predicted molar refractivity (Wildman–Crippen MR) is 90.6 cm³/mol. The minimum atomic E-state index is -4.57. The molecule has 1 saturated heterocycles. The highest BCUT2D eigenvalue weighted by Crippen LogP contribution is 2.37. The van der Waals surface area contributed by atoms with Gasteiger partial charge < -0.3 is 20.7 Å². The molecule has 0 saturated carbocycles. The Kier molecular flexibility index (Phi) is 6.41. The van der Waals surface area contributed by atoms with Gasteiger partial charge in [0.05, 0.1) is 5.56 Å². The Bertz CT molecular complexity index is 659. The zero-order chi connectivity index (χ0) is 19.2. The van der Waals surface area contributed by atoms with E-state index in [0.717, 1.165) is 18.9 Å². The Morgan fingerprint density at radius 2 is 2.08 bits per heavy atom. The molecule has 1 aliphatic rings. The third-order valence-corrected chi connectivity index (χ3v) is 4.47. The summed E-state index contributed by atoms with van der Waals surface area (Å²) in [7, 11) is 0. The number of hydrogen-bond donors (Lipinski definition) is 2. The van der Waals surface area contributed by atoms with E-state index in [1.165, 1.54) is 12.1 Å². The number of hydrazone groups is 1. The number of nitrogens with one attached hydrogen (secondary N) is 1. The number of halogens is 3. The Hall–Kier alpha value is -2.36. The third-order valence-electron chi connectivity index (χ3n) is 4.47. The summed E-state index contributed by atoms with van der Waals surface area (Å²) in [5, 5.41) is 8.48. The number of anilines is 1. The van der Waals surface area contributed by atoms with Crippen LogP contribution in [0.15, 0.2) is 28.6 Å². The molecule has 1 fully saturated rings. The highest BCUT2D eigenvalue weighted by molar-refractivity contribution is 6.02. The summed E-state index contributed by atoms with van der Waals surface area (Å²) in [6.07, 6.45) is -3.02. The summed E-state index contributed by atoms with van der Waals surface area (Å²) < 4.78 is 45.7. The molecule has 0 radical (unpaired) electrons. The number of hydrogen-bond acceptors (Lipinski definition) is 7. The predicted octanol–water partition coefficient (Wildman–Crippen LogP) is 3.29. The van der Waals surface area contributed by atoms with Crippen molar-refractivity contribution in [2.45, 2.75) is 25.9 Å². The number of ether oxygens (including phenoxy) is 1. The van der Waals surface area contributed by atoms with Gasteiger partial charge in [0.15, 0.2) is 11.9 Å². The molecule has 10 heteroatoms. The van der Waals surface area contributed by atoms with Crippen LogP contribution in [0.25, 0.3) is 0 Å². The van der Waals surface area contributed by atoms with Gasteiger partial charge in [0.25, 0.3) is 0 Å². The zero-order valence-corrected chi connectivity index (χ0v) is 14.3. The van der Waals surface area contributed by atoms with E-state index in [1.54, 1.807) is 0 Å². The van der Waals surface area contributed by atoms with Crippen LogP contribution >= 0.6 is 0 Å². The fraction of sp³-hybridized carbons (Fsp3) is 0.562. The molecule has 26 heavy (non-hydrogen) atoms. The molecule has 7 nitrogen and oxygen atoms in total. The average molecular weight is 374 g/mol. The van der Waals surface area contributed by atoms with Crippen molar-refractivity contribution < 1.29 is 22.7 Å². The summed E-state index contributed by atoms with van der Waals surface area (Å²) in [5.41, 5.74) is -0.914. The van der Waals surface area contributed by atoms with Gasteiger partial charge in [-0.2, -0.15) is 18.3 Å². The van der Waals surface area contributed by atoms with E-state index in [0.29, 0.717) is 19.8 Å². The van der Waals surface area contributed by atoms with Gasteiger partial charge in [-0.05, 0) is 30.4 Å². The van der Waals surface area contributed by atoms with Crippen LogP contribution in [-0.2, 0) is 15.8 Å². The second-order valence-corrected chi connectivity index (χ2v) is 6.46. The minimum absolute atomic E-state index is 0.0157. The van der Waals surface area contributed by atoms with Gasteiger partial charge in [-0.3, -0.25) is 0 Å². The van der Waals surface area contributed by atoms with Crippen molar-refractivity contribution in [3.05, 3.63) is 34.2 Å². The van der Waals surface area contributed by atoms with E-state index in [-0.39, 0.29) is 22.4 Å². The van der Waals surface area contributed by atoms with Gasteiger partial charge >= 0.3 is 6.18 Å². The van der Waals surface area contributed by atoms with Gasteiger partial charge in [0.2, 0.25) is 0 Å². The van der Waals surface area contributed by atoms with Crippen LogP contribution < -0.4 is 11.2 Å². The van der Waals surface area contributed by atoms with E-state index in [1.807, 2.05) is 6.92 Å². The van der Waals surface area contributed by atoms with Crippen molar-refractivity contribution >= 4 is 11.4 Å². The molecule has 0 spiro atoms. The zero-order valence-electron chi connectivity index (χ0n) is 14.3. The average Bonchev–Trinajstić information content (AvgIpc) is 2.61. The van der Waals surface area contributed by atoms with Crippen LogP contribution in [0.4, 0.5) is 18.9 Å². The maximum absolute atomic E-state index is 13.5. The first-order valence-electron chi connectivity index (χ1n) is 8.04. The summed E-state index contributed by atoms with van der Waals surface area (Å²) in [5.74, 6) is 5.17. The van der Waals surface area contributed by atoms with Crippen molar-refractivity contribution in [1.29, 1.82) is 0 Å². The summed E-state index contributed by atoms with van der Waals surface area (Å²) in [6.45, 7) is 3.21. The molecule has 0 bridgehead atoms. The Morgan fingerprint density at radius 3 is 2.65 bits per heavy atom. The Morgan fingerprint density at radius 1 is 1.38 bits per heavy atom. The molecule has 0 unspecified atom stereocenters. The lowest BCUT2D eigenvalue weighted by Gasteiger charge is -2.34. The van der Waals surface area contributed by atoms with Crippen molar-refractivity contribution in [2.24, 2.45) is 21.7 Å². The summed E-state index contributed by atoms with van der Waals surface area (Å²) in [6, 6.07) is 3.68. The molecule has 0 aromatic heterocycles. The number of nitrogens with two attached hydrogens (primary N) is 1. The smallest absolute Gasteiger partial charge is 0.384 e. The molecule has 144 valence electrons. The normalized spacial score (nSPS) is 17.6. The molecule has 1 heterocycles. The van der Waals surface area contributed by atoms with Crippen LogP contribution in [0.2, 0.25) is 0 Å². The van der Waals surface area contributed by atoms with E-state index < -0.39 is 18.3 Å². The lowest BCUT2D eigenvalue weighted by atomic mass is 9.82. The molecule has 1 aromatic carbocycles. The first kappa shape index (κ1) is 20.0. The van der Waals surface area contributed by atoms with Crippen LogP contribution in [0, 0.1) is 10.3 Å². The standard InChI is InChI=1S/C16H21F3N4O3/c1-15(4-6-25-7-5-15)10-21-13-3-2-11(8-12(13)16(17,18)19)14(22-20)9-26-23-24/h2-3,8,21H,4-7,9-10,20H2,1H3/b22-14+. The first-order chi connectivity index (χ1) is 12.3. The number of rotatable bonds is 7. The maximum Gasteiger partial charge on any atom is 0.418 e. The highest BCUT2D eigenvalue weighted by Gasteiger charge is 2.35. The maximum atomic E-state index is 13.5. The second-order valence-electron chi connectivity index (χ2n) is 6.46. The van der Waals surface area contributed by atoms with E-state index in [4.69, 9.17) is 10.6 Å². The van der Waals surface area contributed by atoms with Gasteiger partial charge in [0, 0.05) is 31.0 Å². The largest absolute Gasteiger partial charge is 0.418 e. The molecule has 1 aliphatic heterocycles.